The maximum absolute atomic E-state index is 12.2. The lowest BCUT2D eigenvalue weighted by Crippen LogP contribution is -2.39. The Labute approximate surface area is 154 Å². The fourth-order valence-corrected chi connectivity index (χ4v) is 2.67. The molecule has 0 fully saturated rings. The number of carbonyl (C=O) groups excluding carboxylic acids is 1. The van der Waals surface area contributed by atoms with Gasteiger partial charge in [0.05, 0.1) is 13.7 Å². The molecule has 7 nitrogen and oxygen atoms in total. The van der Waals surface area contributed by atoms with Crippen molar-refractivity contribution < 1.29 is 19.1 Å². The van der Waals surface area contributed by atoms with E-state index in [1.54, 1.807) is 12.0 Å². The van der Waals surface area contributed by atoms with Crippen LogP contribution in [0.3, 0.4) is 0 Å². The van der Waals surface area contributed by atoms with Gasteiger partial charge in [-0.2, -0.15) is 0 Å². The van der Waals surface area contributed by atoms with E-state index in [9.17, 15) is 4.79 Å². The summed E-state index contributed by atoms with van der Waals surface area (Å²) >= 11 is 0. The lowest BCUT2D eigenvalue weighted by molar-refractivity contribution is -0.133. The number of hydrogen-bond donors (Lipinski definition) is 1. The third kappa shape index (κ3) is 5.84. The third-order valence-corrected chi connectivity index (χ3v) is 4.13. The van der Waals surface area contributed by atoms with Crippen molar-refractivity contribution in [3.8, 4) is 5.75 Å². The molecule has 1 aromatic heterocycles. The minimum Gasteiger partial charge on any atom is -0.497 e. The van der Waals surface area contributed by atoms with Gasteiger partial charge in [-0.3, -0.25) is 4.79 Å². The van der Waals surface area contributed by atoms with Crippen molar-refractivity contribution in [2.24, 2.45) is 0 Å². The molecule has 0 radical (unpaired) electrons. The molecule has 1 amide bonds. The number of hydrogen-bond acceptors (Lipinski definition) is 6. The molecule has 0 saturated heterocycles. The molecule has 26 heavy (non-hydrogen) atoms. The zero-order valence-electron chi connectivity index (χ0n) is 15.6. The molecule has 0 atom stereocenters. The molecule has 0 aliphatic carbocycles. The predicted molar refractivity (Wildman–Crippen MR) is 97.0 cm³/mol. The first-order valence-corrected chi connectivity index (χ1v) is 8.88. The van der Waals surface area contributed by atoms with Gasteiger partial charge in [-0.15, -0.1) is 10.2 Å². The fourth-order valence-electron chi connectivity index (χ4n) is 2.67. The molecule has 2 aromatic rings. The van der Waals surface area contributed by atoms with Crippen molar-refractivity contribution in [3.05, 3.63) is 41.6 Å². The van der Waals surface area contributed by atoms with Crippen LogP contribution in [0.2, 0.25) is 0 Å². The zero-order chi connectivity index (χ0) is 18.9. The number of aliphatic hydroxyl groups excluding tert-OH is 1. The van der Waals surface area contributed by atoms with Crippen molar-refractivity contribution in [1.82, 2.24) is 15.1 Å². The Morgan fingerprint density at radius 1 is 1.15 bits per heavy atom. The van der Waals surface area contributed by atoms with Crippen molar-refractivity contribution >= 4 is 5.91 Å². The Morgan fingerprint density at radius 2 is 1.81 bits per heavy atom. The standard InChI is InChI=1S/C19H27N3O4/c1-14(2)22(12-13-23)19(24)11-10-18-21-20-17(26-18)9-6-15-4-7-16(25-3)8-5-15/h4-5,7-8,14,23H,6,9-13H2,1-3H3. The Kier molecular flexibility index (Phi) is 7.59. The number of benzene rings is 1. The van der Waals surface area contributed by atoms with Crippen LogP contribution in [-0.4, -0.2) is 52.4 Å². The number of ether oxygens (including phenoxy) is 1. The van der Waals surface area contributed by atoms with Gasteiger partial charge in [-0.25, -0.2) is 0 Å². The molecule has 0 aliphatic rings. The highest BCUT2D eigenvalue weighted by Crippen LogP contribution is 2.14. The SMILES string of the molecule is COc1ccc(CCc2nnc(CCC(=O)N(CCO)C(C)C)o2)cc1. The highest BCUT2D eigenvalue weighted by atomic mass is 16.5. The van der Waals surface area contributed by atoms with Gasteiger partial charge in [-0.1, -0.05) is 12.1 Å². The third-order valence-electron chi connectivity index (χ3n) is 4.13. The summed E-state index contributed by atoms with van der Waals surface area (Å²) in [7, 11) is 1.64. The molecule has 1 N–H and O–H groups in total. The van der Waals surface area contributed by atoms with Crippen molar-refractivity contribution in [3.63, 3.8) is 0 Å². The molecule has 0 bridgehead atoms. The number of aliphatic hydroxyl groups is 1. The molecule has 7 heteroatoms. The van der Waals surface area contributed by atoms with Crippen LogP contribution in [0, 0.1) is 0 Å². The second kappa shape index (κ2) is 9.91. The Balaban J connectivity index is 1.82. The summed E-state index contributed by atoms with van der Waals surface area (Å²) in [6.45, 7) is 4.16. The summed E-state index contributed by atoms with van der Waals surface area (Å²) in [4.78, 5) is 13.9. The monoisotopic (exact) mass is 361 g/mol. The van der Waals surface area contributed by atoms with Crippen molar-refractivity contribution in [2.75, 3.05) is 20.3 Å². The topological polar surface area (TPSA) is 88.7 Å². The quantitative estimate of drug-likeness (QED) is 0.696. The van der Waals surface area contributed by atoms with E-state index < -0.39 is 0 Å². The predicted octanol–water partition coefficient (Wildman–Crippen LogP) is 2.03. The maximum Gasteiger partial charge on any atom is 0.223 e. The second-order valence-corrected chi connectivity index (χ2v) is 6.34. The molecule has 2 rings (SSSR count). The summed E-state index contributed by atoms with van der Waals surface area (Å²) in [5.74, 6) is 1.84. The average Bonchev–Trinajstić information content (AvgIpc) is 3.10. The van der Waals surface area contributed by atoms with E-state index in [0.29, 0.717) is 31.2 Å². The Hall–Kier alpha value is -2.41. The first kappa shape index (κ1) is 19.9. The number of aryl methyl sites for hydroxylation is 3. The second-order valence-electron chi connectivity index (χ2n) is 6.34. The van der Waals surface area contributed by atoms with Crippen LogP contribution in [0.4, 0.5) is 0 Å². The van der Waals surface area contributed by atoms with Gasteiger partial charge in [0.1, 0.15) is 5.75 Å². The normalized spacial score (nSPS) is 11.0. The lowest BCUT2D eigenvalue weighted by Gasteiger charge is -2.25. The van der Waals surface area contributed by atoms with Crippen LogP contribution in [0.15, 0.2) is 28.7 Å². The highest BCUT2D eigenvalue weighted by Gasteiger charge is 2.17. The summed E-state index contributed by atoms with van der Waals surface area (Å²) in [6.07, 6.45) is 2.14. The van der Waals surface area contributed by atoms with Gasteiger partial charge >= 0.3 is 0 Å². The number of rotatable bonds is 10. The first-order valence-electron chi connectivity index (χ1n) is 8.88. The molecular weight excluding hydrogens is 334 g/mol. The Bertz CT molecular complexity index is 682. The van der Waals surface area contributed by atoms with Crippen LogP contribution in [-0.2, 0) is 24.1 Å². The van der Waals surface area contributed by atoms with E-state index in [2.05, 4.69) is 10.2 Å². The number of amides is 1. The summed E-state index contributed by atoms with van der Waals surface area (Å²) in [5.41, 5.74) is 1.16. The summed E-state index contributed by atoms with van der Waals surface area (Å²) in [5, 5.41) is 17.1. The van der Waals surface area contributed by atoms with E-state index in [1.165, 1.54) is 0 Å². The number of aromatic nitrogens is 2. The molecule has 0 unspecified atom stereocenters. The van der Waals surface area contributed by atoms with E-state index in [1.807, 2.05) is 38.1 Å². The lowest BCUT2D eigenvalue weighted by atomic mass is 10.1. The van der Waals surface area contributed by atoms with E-state index >= 15 is 0 Å². The Morgan fingerprint density at radius 3 is 2.38 bits per heavy atom. The first-order chi connectivity index (χ1) is 12.5. The highest BCUT2D eigenvalue weighted by molar-refractivity contribution is 5.76. The van der Waals surface area contributed by atoms with Crippen molar-refractivity contribution in [2.45, 2.75) is 45.6 Å². The summed E-state index contributed by atoms with van der Waals surface area (Å²) in [6, 6.07) is 7.92. The molecular formula is C19H27N3O4. The summed E-state index contributed by atoms with van der Waals surface area (Å²) < 4.78 is 10.8. The average molecular weight is 361 g/mol. The maximum atomic E-state index is 12.2. The molecule has 1 aromatic carbocycles. The smallest absolute Gasteiger partial charge is 0.223 e. The van der Waals surface area contributed by atoms with E-state index in [-0.39, 0.29) is 25.0 Å². The van der Waals surface area contributed by atoms with E-state index in [4.69, 9.17) is 14.3 Å². The van der Waals surface area contributed by atoms with Gasteiger partial charge in [0.2, 0.25) is 17.7 Å². The van der Waals surface area contributed by atoms with Crippen molar-refractivity contribution in [1.29, 1.82) is 0 Å². The minimum absolute atomic E-state index is 0.0213. The molecule has 0 saturated carbocycles. The van der Waals surface area contributed by atoms with Gasteiger partial charge in [0.15, 0.2) is 0 Å². The molecule has 0 spiro atoms. The fraction of sp³-hybridized carbons (Fsp3) is 0.526. The van der Waals surface area contributed by atoms with Gasteiger partial charge in [0.25, 0.3) is 0 Å². The zero-order valence-corrected chi connectivity index (χ0v) is 15.6. The van der Waals surface area contributed by atoms with Crippen LogP contribution < -0.4 is 4.74 Å². The van der Waals surface area contributed by atoms with Crippen LogP contribution in [0.25, 0.3) is 0 Å². The van der Waals surface area contributed by atoms with Gasteiger partial charge < -0.3 is 19.2 Å². The van der Waals surface area contributed by atoms with Gasteiger partial charge in [-0.05, 0) is 38.0 Å². The molecule has 1 heterocycles. The number of nitrogens with zero attached hydrogens (tertiary/aromatic N) is 3. The van der Waals surface area contributed by atoms with Crippen LogP contribution in [0.5, 0.6) is 5.75 Å². The molecule has 142 valence electrons. The van der Waals surface area contributed by atoms with E-state index in [0.717, 1.165) is 17.7 Å². The van der Waals surface area contributed by atoms with Crippen LogP contribution >= 0.6 is 0 Å². The number of carbonyl (C=O) groups is 1. The van der Waals surface area contributed by atoms with Gasteiger partial charge in [0, 0.05) is 31.8 Å². The minimum atomic E-state index is -0.0417. The molecule has 0 aliphatic heterocycles. The van der Waals surface area contributed by atoms with Crippen LogP contribution in [0.1, 0.15) is 37.6 Å². The largest absolute Gasteiger partial charge is 0.497 e. The number of methoxy groups -OCH3 is 1.